The lowest BCUT2D eigenvalue weighted by molar-refractivity contribution is 0.0993. The van der Waals surface area contributed by atoms with Crippen LogP contribution in [0.3, 0.4) is 0 Å². The third kappa shape index (κ3) is 2.92. The molecule has 0 fully saturated rings. The number of aryl methyl sites for hydroxylation is 1. The van der Waals surface area contributed by atoms with Crippen molar-refractivity contribution in [1.29, 1.82) is 0 Å². The number of carbonyl (C=O) groups is 1. The van der Waals surface area contributed by atoms with Gasteiger partial charge in [-0.3, -0.25) is 4.79 Å². The highest BCUT2D eigenvalue weighted by atomic mass is 35.5. The lowest BCUT2D eigenvalue weighted by atomic mass is 10.0. The van der Waals surface area contributed by atoms with E-state index in [0.29, 0.717) is 21.2 Å². The van der Waals surface area contributed by atoms with Crippen LogP contribution in [0.5, 0.6) is 0 Å². The highest BCUT2D eigenvalue weighted by Gasteiger charge is 2.12. The minimum absolute atomic E-state index is 0.0185. The van der Waals surface area contributed by atoms with E-state index in [1.54, 1.807) is 18.2 Å². The SMILES string of the molecule is Cc1ccc(C(=O)Cc2c(Cl)cccc2Cl)cc1. The average molecular weight is 279 g/mol. The van der Waals surface area contributed by atoms with E-state index in [9.17, 15) is 4.79 Å². The first-order valence-electron chi connectivity index (χ1n) is 5.60. The third-order valence-electron chi connectivity index (χ3n) is 2.77. The molecule has 0 aliphatic carbocycles. The summed E-state index contributed by atoms with van der Waals surface area (Å²) in [7, 11) is 0. The van der Waals surface area contributed by atoms with E-state index < -0.39 is 0 Å². The van der Waals surface area contributed by atoms with Crippen molar-refractivity contribution in [3.05, 3.63) is 69.2 Å². The largest absolute Gasteiger partial charge is 0.294 e. The zero-order chi connectivity index (χ0) is 13.1. The molecule has 0 unspecified atom stereocenters. The number of benzene rings is 2. The molecule has 0 heterocycles. The van der Waals surface area contributed by atoms with Crippen LogP contribution in [-0.4, -0.2) is 5.78 Å². The normalized spacial score (nSPS) is 10.4. The number of ketones is 1. The highest BCUT2D eigenvalue weighted by Crippen LogP contribution is 2.25. The molecule has 0 bridgehead atoms. The number of halogens is 2. The summed E-state index contributed by atoms with van der Waals surface area (Å²) in [4.78, 5) is 12.1. The minimum atomic E-state index is 0.0185. The molecule has 18 heavy (non-hydrogen) atoms. The van der Waals surface area contributed by atoms with Gasteiger partial charge in [-0.2, -0.15) is 0 Å². The molecule has 0 saturated carbocycles. The Morgan fingerprint density at radius 2 is 1.56 bits per heavy atom. The van der Waals surface area contributed by atoms with Crippen LogP contribution in [0, 0.1) is 6.92 Å². The Hall–Kier alpha value is -1.31. The van der Waals surface area contributed by atoms with Crippen LogP contribution >= 0.6 is 23.2 Å². The Balaban J connectivity index is 2.24. The zero-order valence-electron chi connectivity index (χ0n) is 9.91. The zero-order valence-corrected chi connectivity index (χ0v) is 11.4. The van der Waals surface area contributed by atoms with Gasteiger partial charge in [-0.1, -0.05) is 59.1 Å². The summed E-state index contributed by atoms with van der Waals surface area (Å²) in [6.07, 6.45) is 0.224. The molecule has 3 heteroatoms. The number of rotatable bonds is 3. The van der Waals surface area contributed by atoms with E-state index in [2.05, 4.69) is 0 Å². The summed E-state index contributed by atoms with van der Waals surface area (Å²) < 4.78 is 0. The lowest BCUT2D eigenvalue weighted by Gasteiger charge is -2.06. The molecule has 0 aromatic heterocycles. The van der Waals surface area contributed by atoms with Crippen LogP contribution in [0.2, 0.25) is 10.0 Å². The standard InChI is InChI=1S/C15H12Cl2O/c1-10-5-7-11(8-6-10)15(18)9-12-13(16)3-2-4-14(12)17/h2-8H,9H2,1H3. The van der Waals surface area contributed by atoms with E-state index >= 15 is 0 Å². The second-order valence-electron chi connectivity index (χ2n) is 4.17. The van der Waals surface area contributed by atoms with Gasteiger partial charge in [-0.15, -0.1) is 0 Å². The first kappa shape index (κ1) is 13.1. The van der Waals surface area contributed by atoms with Crippen LogP contribution < -0.4 is 0 Å². The third-order valence-corrected chi connectivity index (χ3v) is 3.48. The summed E-state index contributed by atoms with van der Waals surface area (Å²) in [5.41, 5.74) is 2.49. The molecule has 92 valence electrons. The van der Waals surface area contributed by atoms with Crippen LogP contribution in [-0.2, 0) is 6.42 Å². The van der Waals surface area contributed by atoms with E-state index in [1.165, 1.54) is 0 Å². The van der Waals surface area contributed by atoms with Crippen molar-refractivity contribution in [3.63, 3.8) is 0 Å². The summed E-state index contributed by atoms with van der Waals surface area (Å²) in [6.45, 7) is 1.99. The molecule has 1 nitrogen and oxygen atoms in total. The van der Waals surface area contributed by atoms with Gasteiger partial charge in [-0.05, 0) is 24.6 Å². The molecule has 2 aromatic rings. The quantitative estimate of drug-likeness (QED) is 0.742. The highest BCUT2D eigenvalue weighted by molar-refractivity contribution is 6.36. The fraction of sp³-hybridized carbons (Fsp3) is 0.133. The Labute approximate surface area is 116 Å². The smallest absolute Gasteiger partial charge is 0.167 e. The molecule has 0 atom stereocenters. The van der Waals surface area contributed by atoms with E-state index in [1.807, 2.05) is 31.2 Å². The minimum Gasteiger partial charge on any atom is -0.294 e. The van der Waals surface area contributed by atoms with Crippen molar-refractivity contribution >= 4 is 29.0 Å². The second kappa shape index (κ2) is 5.55. The van der Waals surface area contributed by atoms with Crippen LogP contribution in [0.1, 0.15) is 21.5 Å². The van der Waals surface area contributed by atoms with Crippen LogP contribution in [0.25, 0.3) is 0 Å². The fourth-order valence-electron chi connectivity index (χ4n) is 1.70. The Bertz CT molecular complexity index is 553. The maximum Gasteiger partial charge on any atom is 0.167 e. The van der Waals surface area contributed by atoms with Crippen molar-refractivity contribution in [1.82, 2.24) is 0 Å². The molecule has 0 N–H and O–H groups in total. The van der Waals surface area contributed by atoms with Crippen molar-refractivity contribution in [3.8, 4) is 0 Å². The van der Waals surface area contributed by atoms with E-state index in [0.717, 1.165) is 5.56 Å². The number of hydrogen-bond donors (Lipinski definition) is 0. The average Bonchev–Trinajstić information content (AvgIpc) is 2.34. The fourth-order valence-corrected chi connectivity index (χ4v) is 2.23. The van der Waals surface area contributed by atoms with Gasteiger partial charge in [-0.25, -0.2) is 0 Å². The number of Topliss-reactive ketones (excluding diaryl/α,β-unsaturated/α-hetero) is 1. The molecular formula is C15H12Cl2O. The molecule has 0 amide bonds. The van der Waals surface area contributed by atoms with Gasteiger partial charge in [0, 0.05) is 22.0 Å². The number of carbonyl (C=O) groups excluding carboxylic acids is 1. The Morgan fingerprint density at radius 1 is 1.00 bits per heavy atom. The predicted octanol–water partition coefficient (Wildman–Crippen LogP) is 4.73. The van der Waals surface area contributed by atoms with Crippen molar-refractivity contribution in [2.24, 2.45) is 0 Å². The first-order chi connectivity index (χ1) is 8.58. The molecule has 0 radical (unpaired) electrons. The summed E-state index contributed by atoms with van der Waals surface area (Å²) in [5, 5.41) is 1.06. The van der Waals surface area contributed by atoms with Crippen molar-refractivity contribution < 1.29 is 4.79 Å². The maximum atomic E-state index is 12.1. The van der Waals surface area contributed by atoms with Crippen LogP contribution in [0.15, 0.2) is 42.5 Å². The molecule has 0 aliphatic rings. The summed E-state index contributed by atoms with van der Waals surface area (Å²) in [5.74, 6) is 0.0185. The summed E-state index contributed by atoms with van der Waals surface area (Å²) >= 11 is 12.1. The van der Waals surface area contributed by atoms with Gasteiger partial charge < -0.3 is 0 Å². The Kier molecular flexibility index (Phi) is 4.05. The number of hydrogen-bond acceptors (Lipinski definition) is 1. The van der Waals surface area contributed by atoms with Gasteiger partial charge in [0.15, 0.2) is 5.78 Å². The molecule has 2 aromatic carbocycles. The van der Waals surface area contributed by atoms with Crippen molar-refractivity contribution in [2.75, 3.05) is 0 Å². The summed E-state index contributed by atoms with van der Waals surface area (Å²) in [6, 6.07) is 12.7. The topological polar surface area (TPSA) is 17.1 Å². The molecule has 2 rings (SSSR count). The van der Waals surface area contributed by atoms with Gasteiger partial charge in [0.25, 0.3) is 0 Å². The predicted molar refractivity (Wildman–Crippen MR) is 75.7 cm³/mol. The van der Waals surface area contributed by atoms with Gasteiger partial charge in [0.05, 0.1) is 0 Å². The molecule has 0 saturated heterocycles. The lowest BCUT2D eigenvalue weighted by Crippen LogP contribution is -2.04. The Morgan fingerprint density at radius 3 is 2.11 bits per heavy atom. The first-order valence-corrected chi connectivity index (χ1v) is 6.36. The maximum absolute atomic E-state index is 12.1. The van der Waals surface area contributed by atoms with Crippen LogP contribution in [0.4, 0.5) is 0 Å². The van der Waals surface area contributed by atoms with E-state index in [-0.39, 0.29) is 12.2 Å². The van der Waals surface area contributed by atoms with Gasteiger partial charge in [0.1, 0.15) is 0 Å². The monoisotopic (exact) mass is 278 g/mol. The van der Waals surface area contributed by atoms with Gasteiger partial charge in [0.2, 0.25) is 0 Å². The molecule has 0 spiro atoms. The van der Waals surface area contributed by atoms with Crippen molar-refractivity contribution in [2.45, 2.75) is 13.3 Å². The van der Waals surface area contributed by atoms with E-state index in [4.69, 9.17) is 23.2 Å². The second-order valence-corrected chi connectivity index (χ2v) is 4.98. The molecular weight excluding hydrogens is 267 g/mol. The van der Waals surface area contributed by atoms with Gasteiger partial charge >= 0.3 is 0 Å². The molecule has 0 aliphatic heterocycles.